The van der Waals surface area contributed by atoms with Gasteiger partial charge in [0.05, 0.1) is 5.75 Å². The Morgan fingerprint density at radius 3 is 2.57 bits per heavy atom. The van der Waals surface area contributed by atoms with E-state index in [9.17, 15) is 9.59 Å². The van der Waals surface area contributed by atoms with Gasteiger partial charge in [-0.2, -0.15) is 0 Å². The Bertz CT molecular complexity index is 735. The molecule has 1 aromatic carbocycles. The molecule has 0 saturated heterocycles. The van der Waals surface area contributed by atoms with Crippen molar-refractivity contribution in [3.05, 3.63) is 35.7 Å². The molecule has 23 heavy (non-hydrogen) atoms. The second kappa shape index (κ2) is 6.54. The van der Waals surface area contributed by atoms with Gasteiger partial charge in [-0.15, -0.1) is 10.2 Å². The van der Waals surface area contributed by atoms with Gasteiger partial charge in [0, 0.05) is 24.2 Å². The van der Waals surface area contributed by atoms with E-state index < -0.39 is 0 Å². The Morgan fingerprint density at radius 1 is 1.26 bits per heavy atom. The highest BCUT2D eigenvalue weighted by Crippen LogP contribution is 2.38. The fourth-order valence-electron chi connectivity index (χ4n) is 2.36. The molecule has 0 unspecified atom stereocenters. The monoisotopic (exact) mass is 330 g/mol. The molecule has 0 radical (unpaired) electrons. The van der Waals surface area contributed by atoms with Crippen molar-refractivity contribution in [1.82, 2.24) is 14.8 Å². The lowest BCUT2D eigenvalue weighted by atomic mass is 10.1. The van der Waals surface area contributed by atoms with E-state index in [1.807, 2.05) is 6.92 Å². The fourth-order valence-corrected chi connectivity index (χ4v) is 3.30. The largest absolute Gasteiger partial charge is 0.326 e. The molecule has 1 saturated carbocycles. The van der Waals surface area contributed by atoms with Crippen LogP contribution in [0.5, 0.6) is 0 Å². The van der Waals surface area contributed by atoms with Crippen LogP contribution in [0.3, 0.4) is 0 Å². The molecule has 0 spiro atoms. The van der Waals surface area contributed by atoms with Gasteiger partial charge in [0.2, 0.25) is 5.91 Å². The SMILES string of the molecule is CC(=O)Nc1ccc(C(=O)CSc2nnc(C)n2C2CC2)cc1. The minimum atomic E-state index is -0.130. The fraction of sp³-hybridized carbons (Fsp3) is 0.375. The molecule has 1 aliphatic carbocycles. The zero-order valence-corrected chi connectivity index (χ0v) is 13.9. The molecule has 1 aromatic heterocycles. The van der Waals surface area contributed by atoms with Crippen LogP contribution in [0, 0.1) is 6.92 Å². The lowest BCUT2D eigenvalue weighted by Gasteiger charge is -2.06. The normalized spacial score (nSPS) is 13.8. The Morgan fingerprint density at radius 2 is 1.96 bits per heavy atom. The number of Topliss-reactive ketones (excluding diaryl/α,β-unsaturated/α-hetero) is 1. The van der Waals surface area contributed by atoms with E-state index in [0.29, 0.717) is 23.0 Å². The molecule has 1 heterocycles. The maximum Gasteiger partial charge on any atom is 0.221 e. The van der Waals surface area contributed by atoms with Crippen LogP contribution in [-0.4, -0.2) is 32.2 Å². The van der Waals surface area contributed by atoms with Crippen LogP contribution < -0.4 is 5.32 Å². The molecule has 3 rings (SSSR count). The first-order valence-corrected chi connectivity index (χ1v) is 8.48. The van der Waals surface area contributed by atoms with Gasteiger partial charge in [-0.3, -0.25) is 9.59 Å². The molecule has 0 bridgehead atoms. The van der Waals surface area contributed by atoms with Crippen molar-refractivity contribution < 1.29 is 9.59 Å². The van der Waals surface area contributed by atoms with Crippen molar-refractivity contribution in [1.29, 1.82) is 0 Å². The van der Waals surface area contributed by atoms with Crippen LogP contribution >= 0.6 is 11.8 Å². The lowest BCUT2D eigenvalue weighted by Crippen LogP contribution is -2.07. The number of carbonyl (C=O) groups excluding carboxylic acids is 2. The number of aryl methyl sites for hydroxylation is 1. The van der Waals surface area contributed by atoms with Crippen LogP contribution in [0.1, 0.15) is 42.0 Å². The summed E-state index contributed by atoms with van der Waals surface area (Å²) in [4.78, 5) is 23.3. The summed E-state index contributed by atoms with van der Waals surface area (Å²) in [5.74, 6) is 1.13. The van der Waals surface area contributed by atoms with Gasteiger partial charge in [-0.05, 0) is 44.0 Å². The number of benzene rings is 1. The predicted molar refractivity (Wildman–Crippen MR) is 88.8 cm³/mol. The Balaban J connectivity index is 1.62. The Kier molecular flexibility index (Phi) is 4.47. The van der Waals surface area contributed by atoms with Gasteiger partial charge in [-0.1, -0.05) is 11.8 Å². The third-order valence-electron chi connectivity index (χ3n) is 3.61. The summed E-state index contributed by atoms with van der Waals surface area (Å²) in [7, 11) is 0. The van der Waals surface area contributed by atoms with E-state index in [1.54, 1.807) is 24.3 Å². The minimum Gasteiger partial charge on any atom is -0.326 e. The molecule has 2 aromatic rings. The topological polar surface area (TPSA) is 76.9 Å². The van der Waals surface area contributed by atoms with Crippen LogP contribution in [0.15, 0.2) is 29.4 Å². The molecule has 7 heteroatoms. The summed E-state index contributed by atoms with van der Waals surface area (Å²) in [6.45, 7) is 3.39. The second-order valence-electron chi connectivity index (χ2n) is 5.60. The maximum absolute atomic E-state index is 12.3. The summed E-state index contributed by atoms with van der Waals surface area (Å²) in [5.41, 5.74) is 1.31. The van der Waals surface area contributed by atoms with Crippen molar-refractivity contribution in [2.24, 2.45) is 0 Å². The second-order valence-corrected chi connectivity index (χ2v) is 6.54. The summed E-state index contributed by atoms with van der Waals surface area (Å²) in [5, 5.41) is 11.8. The van der Waals surface area contributed by atoms with Crippen LogP contribution in [-0.2, 0) is 4.79 Å². The molecule has 0 atom stereocenters. The number of thioether (sulfide) groups is 1. The molecule has 1 amide bonds. The maximum atomic E-state index is 12.3. The quantitative estimate of drug-likeness (QED) is 0.651. The van der Waals surface area contributed by atoms with Crippen LogP contribution in [0.4, 0.5) is 5.69 Å². The number of carbonyl (C=O) groups is 2. The number of aromatic nitrogens is 3. The summed E-state index contributed by atoms with van der Waals surface area (Å²) in [6.07, 6.45) is 2.32. The van der Waals surface area contributed by atoms with Gasteiger partial charge in [0.25, 0.3) is 0 Å². The molecular weight excluding hydrogens is 312 g/mol. The predicted octanol–water partition coefficient (Wildman–Crippen LogP) is 2.85. The third kappa shape index (κ3) is 3.79. The number of anilines is 1. The van der Waals surface area contributed by atoms with E-state index in [4.69, 9.17) is 0 Å². The Hall–Kier alpha value is -2.15. The van der Waals surface area contributed by atoms with Gasteiger partial charge in [0.15, 0.2) is 10.9 Å². The molecule has 1 N–H and O–H groups in total. The van der Waals surface area contributed by atoms with E-state index in [-0.39, 0.29) is 11.7 Å². The molecule has 0 aliphatic heterocycles. The highest BCUT2D eigenvalue weighted by molar-refractivity contribution is 7.99. The number of ketones is 1. The number of hydrogen-bond acceptors (Lipinski definition) is 5. The van der Waals surface area contributed by atoms with Gasteiger partial charge in [0.1, 0.15) is 5.82 Å². The van der Waals surface area contributed by atoms with Crippen molar-refractivity contribution in [2.45, 2.75) is 37.9 Å². The first-order valence-electron chi connectivity index (χ1n) is 7.50. The van der Waals surface area contributed by atoms with Crippen molar-refractivity contribution >= 4 is 29.1 Å². The standard InChI is InChI=1S/C16H18N4O2S/c1-10-18-19-16(20(10)14-7-8-14)23-9-15(22)12-3-5-13(6-4-12)17-11(2)21/h3-6,14H,7-9H2,1-2H3,(H,17,21). The zero-order chi connectivity index (χ0) is 16.4. The highest BCUT2D eigenvalue weighted by atomic mass is 32.2. The molecule has 6 nitrogen and oxygen atoms in total. The number of hydrogen-bond donors (Lipinski definition) is 1. The average Bonchev–Trinajstić information content (AvgIpc) is 3.28. The smallest absolute Gasteiger partial charge is 0.221 e. The third-order valence-corrected chi connectivity index (χ3v) is 4.55. The van der Waals surface area contributed by atoms with Crippen molar-refractivity contribution in [3.8, 4) is 0 Å². The Labute approximate surface area is 138 Å². The lowest BCUT2D eigenvalue weighted by molar-refractivity contribution is -0.114. The van der Waals surface area contributed by atoms with Crippen LogP contribution in [0.25, 0.3) is 0 Å². The number of amides is 1. The highest BCUT2D eigenvalue weighted by Gasteiger charge is 2.28. The van der Waals surface area contributed by atoms with Gasteiger partial charge < -0.3 is 9.88 Å². The molecule has 1 aliphatic rings. The average molecular weight is 330 g/mol. The van der Waals surface area contributed by atoms with E-state index in [0.717, 1.165) is 23.8 Å². The van der Waals surface area contributed by atoms with Gasteiger partial charge >= 0.3 is 0 Å². The minimum absolute atomic E-state index is 0.0346. The summed E-state index contributed by atoms with van der Waals surface area (Å²) in [6, 6.07) is 7.42. The van der Waals surface area contributed by atoms with E-state index >= 15 is 0 Å². The first kappa shape index (κ1) is 15.7. The molecule has 1 fully saturated rings. The summed E-state index contributed by atoms with van der Waals surface area (Å²) >= 11 is 1.42. The van der Waals surface area contributed by atoms with E-state index in [1.165, 1.54) is 18.7 Å². The summed E-state index contributed by atoms with van der Waals surface area (Å²) < 4.78 is 2.12. The van der Waals surface area contributed by atoms with E-state index in [2.05, 4.69) is 20.1 Å². The van der Waals surface area contributed by atoms with Gasteiger partial charge in [-0.25, -0.2) is 0 Å². The number of nitrogens with zero attached hydrogens (tertiary/aromatic N) is 3. The van der Waals surface area contributed by atoms with Crippen LogP contribution in [0.2, 0.25) is 0 Å². The zero-order valence-electron chi connectivity index (χ0n) is 13.1. The molecular formula is C16H18N4O2S. The van der Waals surface area contributed by atoms with Crippen molar-refractivity contribution in [3.63, 3.8) is 0 Å². The molecule has 120 valence electrons. The van der Waals surface area contributed by atoms with Crippen molar-refractivity contribution in [2.75, 3.05) is 11.1 Å². The number of nitrogens with one attached hydrogen (secondary N) is 1. The first-order chi connectivity index (χ1) is 11.0. The number of rotatable bonds is 6.